The molecule has 1 aliphatic heterocycles. The summed E-state index contributed by atoms with van der Waals surface area (Å²) in [6.45, 7) is 0.108. The molecule has 4 aliphatic rings. The molecule has 1 heterocycles. The van der Waals surface area contributed by atoms with Gasteiger partial charge in [-0.25, -0.2) is 4.39 Å². The van der Waals surface area contributed by atoms with Crippen molar-refractivity contribution in [1.82, 2.24) is 10.2 Å². The number of carbonyl (C=O) groups is 1. The Labute approximate surface area is 182 Å². The smallest absolute Gasteiger partial charge is 0.259 e. The van der Waals surface area contributed by atoms with Crippen molar-refractivity contribution in [3.63, 3.8) is 0 Å². The van der Waals surface area contributed by atoms with E-state index in [1.165, 1.54) is 17.7 Å². The maximum Gasteiger partial charge on any atom is 0.259 e. The van der Waals surface area contributed by atoms with Crippen LogP contribution >= 0.6 is 12.2 Å². The fraction of sp³-hybridized carbons (Fsp3) is 0.652. The van der Waals surface area contributed by atoms with Crippen LogP contribution in [0.4, 0.5) is 4.39 Å². The number of rotatable bonds is 6. The SMILES string of the molecule is COC1CCC2(CC1)Cc1ccc(OCC3CC3)cc1C21NC(=S)N(CCF)C1=O. The van der Waals surface area contributed by atoms with Crippen LogP contribution in [0, 0.1) is 11.3 Å². The number of nitrogens with zero attached hydrogens (tertiary/aromatic N) is 1. The van der Waals surface area contributed by atoms with Crippen LogP contribution in [0.25, 0.3) is 0 Å². The van der Waals surface area contributed by atoms with E-state index in [4.69, 9.17) is 21.7 Å². The number of carbonyl (C=O) groups excluding carboxylic acids is 1. The van der Waals surface area contributed by atoms with Crippen LogP contribution in [0.2, 0.25) is 0 Å². The number of halogens is 1. The molecule has 2 saturated carbocycles. The molecule has 1 aromatic carbocycles. The van der Waals surface area contributed by atoms with E-state index in [2.05, 4.69) is 11.4 Å². The van der Waals surface area contributed by atoms with E-state index in [-0.39, 0.29) is 24.0 Å². The van der Waals surface area contributed by atoms with Crippen molar-refractivity contribution in [2.45, 2.75) is 56.6 Å². The fourth-order valence-corrected chi connectivity index (χ4v) is 6.09. The predicted molar refractivity (Wildman–Crippen MR) is 115 cm³/mol. The highest BCUT2D eigenvalue weighted by atomic mass is 32.1. The molecule has 30 heavy (non-hydrogen) atoms. The average molecular weight is 433 g/mol. The third-order valence-corrected chi connectivity index (χ3v) is 7.95. The minimum absolute atomic E-state index is 0.00357. The number of alkyl halides is 1. The second kappa shape index (κ2) is 7.45. The van der Waals surface area contributed by atoms with Crippen LogP contribution in [0.15, 0.2) is 18.2 Å². The lowest BCUT2D eigenvalue weighted by atomic mass is 9.61. The summed E-state index contributed by atoms with van der Waals surface area (Å²) >= 11 is 5.52. The molecule has 1 atom stereocenters. The summed E-state index contributed by atoms with van der Waals surface area (Å²) in [6.07, 6.45) is 7.03. The minimum Gasteiger partial charge on any atom is -0.493 e. The van der Waals surface area contributed by atoms with Gasteiger partial charge in [0, 0.05) is 12.5 Å². The van der Waals surface area contributed by atoms with Gasteiger partial charge < -0.3 is 14.8 Å². The Balaban J connectivity index is 1.56. The molecule has 5 rings (SSSR count). The number of thiocarbonyl (C=S) groups is 1. The number of methoxy groups -OCH3 is 1. The van der Waals surface area contributed by atoms with Crippen molar-refractivity contribution >= 4 is 23.2 Å². The highest BCUT2D eigenvalue weighted by Gasteiger charge is 2.67. The van der Waals surface area contributed by atoms with Crippen LogP contribution in [-0.2, 0) is 21.5 Å². The van der Waals surface area contributed by atoms with Crippen molar-refractivity contribution < 1.29 is 18.7 Å². The molecule has 3 aliphatic carbocycles. The Morgan fingerprint density at radius 3 is 2.70 bits per heavy atom. The highest BCUT2D eigenvalue weighted by molar-refractivity contribution is 7.80. The lowest BCUT2D eigenvalue weighted by Crippen LogP contribution is -2.56. The van der Waals surface area contributed by atoms with Crippen LogP contribution in [0.3, 0.4) is 0 Å². The Bertz CT molecular complexity index is 866. The molecule has 0 bridgehead atoms. The average Bonchev–Trinajstić information content (AvgIpc) is 3.51. The lowest BCUT2D eigenvalue weighted by Gasteiger charge is -2.46. The summed E-state index contributed by atoms with van der Waals surface area (Å²) in [7, 11) is 1.75. The number of hydrogen-bond acceptors (Lipinski definition) is 4. The minimum atomic E-state index is -0.938. The van der Waals surface area contributed by atoms with Gasteiger partial charge in [-0.1, -0.05) is 6.07 Å². The summed E-state index contributed by atoms with van der Waals surface area (Å²) in [5, 5.41) is 3.75. The monoisotopic (exact) mass is 432 g/mol. The van der Waals surface area contributed by atoms with Gasteiger partial charge in [0.2, 0.25) is 0 Å². The molecular weight excluding hydrogens is 403 g/mol. The molecule has 162 valence electrons. The van der Waals surface area contributed by atoms with Gasteiger partial charge in [0.1, 0.15) is 12.4 Å². The molecule has 1 unspecified atom stereocenters. The van der Waals surface area contributed by atoms with Gasteiger partial charge in [-0.15, -0.1) is 0 Å². The number of benzene rings is 1. The van der Waals surface area contributed by atoms with E-state index in [1.807, 2.05) is 12.1 Å². The van der Waals surface area contributed by atoms with Crippen LogP contribution < -0.4 is 10.1 Å². The molecule has 1 aromatic rings. The summed E-state index contributed by atoms with van der Waals surface area (Å²) in [4.78, 5) is 15.3. The number of amides is 1. The molecule has 1 amide bonds. The fourth-order valence-electron chi connectivity index (χ4n) is 5.77. The van der Waals surface area contributed by atoms with Gasteiger partial charge in [0.15, 0.2) is 10.7 Å². The van der Waals surface area contributed by atoms with Crippen LogP contribution in [0.5, 0.6) is 5.75 Å². The second-order valence-electron chi connectivity index (χ2n) is 9.29. The van der Waals surface area contributed by atoms with E-state index < -0.39 is 12.2 Å². The molecule has 2 spiro atoms. The van der Waals surface area contributed by atoms with Crippen molar-refractivity contribution in [2.75, 3.05) is 26.9 Å². The van der Waals surface area contributed by atoms with Crippen molar-refractivity contribution in [3.8, 4) is 5.75 Å². The van der Waals surface area contributed by atoms with E-state index in [0.717, 1.165) is 55.6 Å². The zero-order chi connectivity index (χ0) is 20.9. The number of hydrogen-bond donors (Lipinski definition) is 1. The zero-order valence-electron chi connectivity index (χ0n) is 17.4. The van der Waals surface area contributed by atoms with Crippen LogP contribution in [0.1, 0.15) is 49.7 Å². The largest absolute Gasteiger partial charge is 0.493 e. The molecule has 0 aromatic heterocycles. The third-order valence-electron chi connectivity index (χ3n) is 7.63. The van der Waals surface area contributed by atoms with Gasteiger partial charge >= 0.3 is 0 Å². The van der Waals surface area contributed by atoms with Gasteiger partial charge in [0.25, 0.3) is 5.91 Å². The Morgan fingerprint density at radius 1 is 1.27 bits per heavy atom. The van der Waals surface area contributed by atoms with Gasteiger partial charge in [-0.05, 0) is 86.3 Å². The van der Waals surface area contributed by atoms with Crippen molar-refractivity contribution in [2.24, 2.45) is 11.3 Å². The zero-order valence-corrected chi connectivity index (χ0v) is 18.2. The van der Waals surface area contributed by atoms with Crippen molar-refractivity contribution in [3.05, 3.63) is 29.3 Å². The first-order valence-electron chi connectivity index (χ1n) is 11.0. The lowest BCUT2D eigenvalue weighted by molar-refractivity contribution is -0.138. The van der Waals surface area contributed by atoms with Crippen LogP contribution in [-0.4, -0.2) is 49.0 Å². The second-order valence-corrected chi connectivity index (χ2v) is 9.68. The van der Waals surface area contributed by atoms with E-state index in [0.29, 0.717) is 11.0 Å². The maximum atomic E-state index is 13.8. The first-order valence-corrected chi connectivity index (χ1v) is 11.4. The molecule has 3 fully saturated rings. The van der Waals surface area contributed by atoms with Gasteiger partial charge in [0.05, 0.1) is 19.3 Å². The topological polar surface area (TPSA) is 50.8 Å². The third kappa shape index (κ3) is 2.96. The quantitative estimate of drug-likeness (QED) is 0.698. The number of nitrogens with one attached hydrogen (secondary N) is 1. The van der Waals surface area contributed by atoms with Gasteiger partial charge in [-0.2, -0.15) is 0 Å². The molecule has 0 radical (unpaired) electrons. The number of fused-ring (bicyclic) bond motifs is 3. The molecule has 1 saturated heterocycles. The van der Waals surface area contributed by atoms with E-state index in [1.54, 1.807) is 7.11 Å². The standard InChI is InChI=1S/C23H29FN2O3S/c1-28-17-6-8-22(9-7-17)13-16-4-5-18(29-14-15-2-3-15)12-19(16)23(22)20(27)26(11-10-24)21(30)25-23/h4-5,12,15,17H,2-3,6-11,13-14H2,1H3,(H,25,30). The molecular formula is C23H29FN2O3S. The molecule has 1 N–H and O–H groups in total. The van der Waals surface area contributed by atoms with Crippen molar-refractivity contribution in [1.29, 1.82) is 0 Å². The first-order chi connectivity index (χ1) is 14.5. The first kappa shape index (κ1) is 20.2. The Hall–Kier alpha value is -1.73. The molecule has 5 nitrogen and oxygen atoms in total. The Kier molecular flexibility index (Phi) is 5.01. The van der Waals surface area contributed by atoms with Gasteiger partial charge in [-0.3, -0.25) is 9.69 Å². The highest BCUT2D eigenvalue weighted by Crippen LogP contribution is 2.60. The number of ether oxygens (including phenoxy) is 2. The van der Waals surface area contributed by atoms with E-state index >= 15 is 0 Å². The summed E-state index contributed by atoms with van der Waals surface area (Å²) in [5.74, 6) is 1.34. The maximum absolute atomic E-state index is 13.8. The summed E-state index contributed by atoms with van der Waals surface area (Å²) < 4.78 is 24.9. The Morgan fingerprint density at radius 2 is 2.03 bits per heavy atom. The molecule has 7 heteroatoms. The summed E-state index contributed by atoms with van der Waals surface area (Å²) in [6, 6.07) is 6.15. The normalized spacial score (nSPS) is 32.7. The van der Waals surface area contributed by atoms with E-state index in [9.17, 15) is 9.18 Å². The summed E-state index contributed by atoms with van der Waals surface area (Å²) in [5.41, 5.74) is 0.897. The predicted octanol–water partition coefficient (Wildman–Crippen LogP) is 3.49.